The molecule has 0 aliphatic carbocycles. The highest BCUT2D eigenvalue weighted by atomic mass is 127. The number of alkyl halides is 3. The highest BCUT2D eigenvalue weighted by molar-refractivity contribution is 14.0. The Labute approximate surface area is 194 Å². The minimum absolute atomic E-state index is 0. The maximum atomic E-state index is 13.0. The summed E-state index contributed by atoms with van der Waals surface area (Å²) < 4.78 is 44.1. The van der Waals surface area contributed by atoms with E-state index in [0.717, 1.165) is 17.3 Å². The Balaban J connectivity index is 0.00000341. The number of aliphatic imine (C=N–C) groups is 1. The molecular formula is C20H23F3IN5O2. The molecule has 1 amide bonds. The minimum atomic E-state index is -4.53. The maximum Gasteiger partial charge on any atom is 0.421 e. The quantitative estimate of drug-likeness (QED) is 0.223. The fourth-order valence-corrected chi connectivity index (χ4v) is 3.16. The van der Waals surface area contributed by atoms with E-state index in [1.807, 2.05) is 24.3 Å². The summed E-state index contributed by atoms with van der Waals surface area (Å²) in [6, 6.07) is 9.74. The number of carbonyl (C=O) groups is 1. The standard InChI is InChI=1S/C20H22F3N5O2.HI/c1-24-19(26-9-10-30-18-15(20(21,22)23)6-4-8-25-18)27-12-13-11-17(29)28-16-7-3-2-5-14(13)16;/h2-8,13H,9-12H2,1H3,(H,28,29)(H2,24,26,27);1H. The molecule has 11 heteroatoms. The van der Waals surface area contributed by atoms with Crippen molar-refractivity contribution in [2.45, 2.75) is 18.5 Å². The molecule has 1 aliphatic rings. The monoisotopic (exact) mass is 549 g/mol. The molecule has 0 saturated carbocycles. The van der Waals surface area contributed by atoms with Gasteiger partial charge < -0.3 is 20.7 Å². The summed E-state index contributed by atoms with van der Waals surface area (Å²) in [5, 5.41) is 8.97. The lowest BCUT2D eigenvalue weighted by Gasteiger charge is -2.26. The Morgan fingerprint density at radius 2 is 2.03 bits per heavy atom. The molecule has 3 N–H and O–H groups in total. The molecule has 2 heterocycles. The van der Waals surface area contributed by atoms with Gasteiger partial charge in [-0.1, -0.05) is 18.2 Å². The molecule has 2 aromatic rings. The van der Waals surface area contributed by atoms with Gasteiger partial charge in [0.15, 0.2) is 5.96 Å². The molecule has 1 aromatic heterocycles. The van der Waals surface area contributed by atoms with E-state index in [-0.39, 0.29) is 49.0 Å². The molecule has 0 bridgehead atoms. The SMILES string of the molecule is CN=C(NCCOc1ncccc1C(F)(F)F)NCC1CC(=O)Nc2ccccc21.I. The number of halogens is 4. The summed E-state index contributed by atoms with van der Waals surface area (Å²) in [5.41, 5.74) is 0.924. The van der Waals surface area contributed by atoms with Crippen LogP contribution in [0.1, 0.15) is 23.5 Å². The van der Waals surface area contributed by atoms with E-state index in [1.165, 1.54) is 12.3 Å². The van der Waals surface area contributed by atoms with E-state index in [1.54, 1.807) is 7.05 Å². The Hall–Kier alpha value is -2.57. The molecule has 0 radical (unpaired) electrons. The van der Waals surface area contributed by atoms with Crippen molar-refractivity contribution in [3.05, 3.63) is 53.7 Å². The predicted octanol–water partition coefficient (Wildman–Crippen LogP) is 3.39. The molecule has 1 aliphatic heterocycles. The number of carbonyl (C=O) groups excluding carboxylic acids is 1. The van der Waals surface area contributed by atoms with Crippen LogP contribution in [-0.4, -0.2) is 43.6 Å². The third kappa shape index (κ3) is 6.71. The highest BCUT2D eigenvalue weighted by Crippen LogP contribution is 2.34. The number of guanidine groups is 1. The van der Waals surface area contributed by atoms with Crippen molar-refractivity contribution in [1.29, 1.82) is 0 Å². The zero-order valence-corrected chi connectivity index (χ0v) is 19.0. The molecule has 0 spiro atoms. The first kappa shape index (κ1) is 24.7. The molecule has 1 atom stereocenters. The van der Waals surface area contributed by atoms with Crippen molar-refractivity contribution >= 4 is 41.5 Å². The first-order valence-corrected chi connectivity index (χ1v) is 9.37. The molecule has 0 saturated heterocycles. The molecule has 1 unspecified atom stereocenters. The second-order valence-corrected chi connectivity index (χ2v) is 6.62. The van der Waals surface area contributed by atoms with Gasteiger partial charge in [-0.25, -0.2) is 4.98 Å². The highest BCUT2D eigenvalue weighted by Gasteiger charge is 2.35. The van der Waals surface area contributed by atoms with Gasteiger partial charge >= 0.3 is 6.18 Å². The van der Waals surface area contributed by atoms with Gasteiger partial charge in [0.25, 0.3) is 0 Å². The van der Waals surface area contributed by atoms with Gasteiger partial charge in [-0.15, -0.1) is 24.0 Å². The van der Waals surface area contributed by atoms with Crippen LogP contribution in [0.25, 0.3) is 0 Å². The Morgan fingerprint density at radius 1 is 1.26 bits per heavy atom. The van der Waals surface area contributed by atoms with E-state index in [9.17, 15) is 18.0 Å². The van der Waals surface area contributed by atoms with Crippen molar-refractivity contribution in [3.63, 3.8) is 0 Å². The Bertz CT molecular complexity index is 924. The molecule has 168 valence electrons. The third-order valence-electron chi connectivity index (χ3n) is 4.56. The number of ether oxygens (including phenoxy) is 1. The fraction of sp³-hybridized carbons (Fsp3) is 0.350. The van der Waals surface area contributed by atoms with Crippen molar-refractivity contribution < 1.29 is 22.7 Å². The number of hydrogen-bond donors (Lipinski definition) is 3. The van der Waals surface area contributed by atoms with Crippen LogP contribution in [0.4, 0.5) is 18.9 Å². The molecule has 0 fully saturated rings. The summed E-state index contributed by atoms with van der Waals surface area (Å²) in [7, 11) is 1.58. The number of nitrogens with one attached hydrogen (secondary N) is 3. The van der Waals surface area contributed by atoms with Crippen LogP contribution >= 0.6 is 24.0 Å². The van der Waals surface area contributed by atoms with Crippen molar-refractivity contribution in [2.24, 2.45) is 4.99 Å². The number of rotatable bonds is 6. The minimum Gasteiger partial charge on any atom is -0.475 e. The van der Waals surface area contributed by atoms with Gasteiger partial charge in [-0.2, -0.15) is 13.2 Å². The van der Waals surface area contributed by atoms with Gasteiger partial charge in [0.2, 0.25) is 11.8 Å². The predicted molar refractivity (Wildman–Crippen MR) is 122 cm³/mol. The molecule has 3 rings (SSSR count). The summed E-state index contributed by atoms with van der Waals surface area (Å²) >= 11 is 0. The van der Waals surface area contributed by atoms with Crippen molar-refractivity contribution in [3.8, 4) is 5.88 Å². The topological polar surface area (TPSA) is 87.6 Å². The number of amides is 1. The summed E-state index contributed by atoms with van der Waals surface area (Å²) in [6.45, 7) is 0.661. The number of nitrogens with zero attached hydrogens (tertiary/aromatic N) is 2. The number of anilines is 1. The second-order valence-electron chi connectivity index (χ2n) is 6.62. The van der Waals surface area contributed by atoms with Crippen LogP contribution in [0, 0.1) is 0 Å². The molecule has 7 nitrogen and oxygen atoms in total. The van der Waals surface area contributed by atoms with Gasteiger partial charge in [0.1, 0.15) is 12.2 Å². The zero-order chi connectivity index (χ0) is 21.6. The zero-order valence-electron chi connectivity index (χ0n) is 16.7. The normalized spacial score (nSPS) is 15.9. The van der Waals surface area contributed by atoms with Crippen LogP contribution in [0.2, 0.25) is 0 Å². The Morgan fingerprint density at radius 3 is 2.77 bits per heavy atom. The van der Waals surface area contributed by atoms with E-state index in [0.29, 0.717) is 18.9 Å². The van der Waals surface area contributed by atoms with Gasteiger partial charge in [-0.3, -0.25) is 9.79 Å². The summed E-state index contributed by atoms with van der Waals surface area (Å²) in [5.74, 6) is -0.0704. The van der Waals surface area contributed by atoms with Crippen LogP contribution in [0.15, 0.2) is 47.6 Å². The van der Waals surface area contributed by atoms with Gasteiger partial charge in [0, 0.05) is 37.8 Å². The first-order valence-electron chi connectivity index (χ1n) is 9.37. The fourth-order valence-electron chi connectivity index (χ4n) is 3.16. The number of hydrogen-bond acceptors (Lipinski definition) is 4. The Kier molecular flexibility index (Phi) is 8.89. The van der Waals surface area contributed by atoms with Crippen LogP contribution in [0.3, 0.4) is 0 Å². The first-order chi connectivity index (χ1) is 14.4. The maximum absolute atomic E-state index is 13.0. The number of pyridine rings is 1. The summed E-state index contributed by atoms with van der Waals surface area (Å²) in [6.07, 6.45) is -2.93. The smallest absolute Gasteiger partial charge is 0.421 e. The van der Waals surface area contributed by atoms with Crippen molar-refractivity contribution in [2.75, 3.05) is 32.1 Å². The number of para-hydroxylation sites is 1. The lowest BCUT2D eigenvalue weighted by molar-refractivity contribution is -0.139. The largest absolute Gasteiger partial charge is 0.475 e. The average molecular weight is 549 g/mol. The van der Waals surface area contributed by atoms with Crippen molar-refractivity contribution in [1.82, 2.24) is 15.6 Å². The van der Waals surface area contributed by atoms with Gasteiger partial charge in [0.05, 0.1) is 6.54 Å². The van der Waals surface area contributed by atoms with Crippen LogP contribution in [-0.2, 0) is 11.0 Å². The van der Waals surface area contributed by atoms with E-state index < -0.39 is 17.6 Å². The molecule has 1 aromatic carbocycles. The average Bonchev–Trinajstić information content (AvgIpc) is 2.72. The lowest BCUT2D eigenvalue weighted by atomic mass is 9.90. The van der Waals surface area contributed by atoms with E-state index >= 15 is 0 Å². The third-order valence-corrected chi connectivity index (χ3v) is 4.56. The second kappa shape index (κ2) is 11.2. The summed E-state index contributed by atoms with van der Waals surface area (Å²) in [4.78, 5) is 19.7. The molecule has 31 heavy (non-hydrogen) atoms. The lowest BCUT2D eigenvalue weighted by Crippen LogP contribution is -2.42. The van der Waals surface area contributed by atoms with Crippen LogP contribution < -0.4 is 20.7 Å². The van der Waals surface area contributed by atoms with E-state index in [2.05, 4.69) is 25.9 Å². The number of aromatic nitrogens is 1. The number of fused-ring (bicyclic) bond motifs is 1. The van der Waals surface area contributed by atoms with Gasteiger partial charge in [-0.05, 0) is 23.8 Å². The van der Waals surface area contributed by atoms with Crippen LogP contribution in [0.5, 0.6) is 5.88 Å². The molecular weight excluding hydrogens is 526 g/mol. The number of benzene rings is 1. The van der Waals surface area contributed by atoms with E-state index in [4.69, 9.17) is 4.74 Å².